The second-order valence-electron chi connectivity index (χ2n) is 7.14. The van der Waals surface area contributed by atoms with Gasteiger partial charge in [-0.25, -0.2) is 0 Å². The summed E-state index contributed by atoms with van der Waals surface area (Å²) in [6.07, 6.45) is 1.75. The zero-order chi connectivity index (χ0) is 21.5. The number of nitrogens with one attached hydrogen (secondary N) is 1. The van der Waals surface area contributed by atoms with Gasteiger partial charge in [-0.3, -0.25) is 9.78 Å². The first-order valence-corrected chi connectivity index (χ1v) is 10.9. The van der Waals surface area contributed by atoms with E-state index in [9.17, 15) is 4.79 Å². The number of hydrogen-bond acceptors (Lipinski definition) is 4. The molecule has 0 fully saturated rings. The summed E-state index contributed by atoms with van der Waals surface area (Å²) in [6, 6.07) is 15.2. The van der Waals surface area contributed by atoms with Crippen molar-refractivity contribution in [1.29, 1.82) is 0 Å². The van der Waals surface area contributed by atoms with E-state index in [1.165, 1.54) is 0 Å². The van der Waals surface area contributed by atoms with Gasteiger partial charge < -0.3 is 15.1 Å². The quantitative estimate of drug-likeness (QED) is 0.497. The Kier molecular flexibility index (Phi) is 7.66. The number of pyridine rings is 1. The SMILES string of the molecule is CCN(CC)CCN(CC)C(=O)c1cccc(Nc2ccnc3cc(Cl)ccc23)c1. The number of fused-ring (bicyclic) bond motifs is 1. The lowest BCUT2D eigenvalue weighted by atomic mass is 10.1. The number of hydrogen-bond donors (Lipinski definition) is 1. The van der Waals surface area contributed by atoms with Crippen molar-refractivity contribution in [3.63, 3.8) is 0 Å². The maximum absolute atomic E-state index is 13.1. The molecule has 5 nitrogen and oxygen atoms in total. The van der Waals surface area contributed by atoms with E-state index in [-0.39, 0.29) is 5.91 Å². The molecule has 1 amide bonds. The van der Waals surface area contributed by atoms with Gasteiger partial charge in [0, 0.05) is 53.2 Å². The van der Waals surface area contributed by atoms with Crippen LogP contribution in [-0.2, 0) is 0 Å². The van der Waals surface area contributed by atoms with Crippen molar-refractivity contribution in [1.82, 2.24) is 14.8 Å². The number of anilines is 2. The number of nitrogens with zero attached hydrogens (tertiary/aromatic N) is 3. The fourth-order valence-electron chi connectivity index (χ4n) is 3.50. The molecule has 158 valence electrons. The normalized spacial score (nSPS) is 11.1. The van der Waals surface area contributed by atoms with Crippen LogP contribution in [0.5, 0.6) is 0 Å². The molecule has 0 aliphatic heterocycles. The summed E-state index contributed by atoms with van der Waals surface area (Å²) >= 11 is 6.09. The zero-order valence-electron chi connectivity index (χ0n) is 17.9. The first-order valence-electron chi connectivity index (χ1n) is 10.5. The van der Waals surface area contributed by atoms with Gasteiger partial charge >= 0.3 is 0 Å². The molecule has 1 N–H and O–H groups in total. The van der Waals surface area contributed by atoms with Crippen molar-refractivity contribution in [2.75, 3.05) is 38.0 Å². The van der Waals surface area contributed by atoms with E-state index in [0.717, 1.165) is 48.5 Å². The number of aromatic nitrogens is 1. The molecule has 1 aromatic heterocycles. The van der Waals surface area contributed by atoms with Crippen LogP contribution in [0.3, 0.4) is 0 Å². The molecule has 0 saturated carbocycles. The number of carbonyl (C=O) groups excluding carboxylic acids is 1. The summed E-state index contributed by atoms with van der Waals surface area (Å²) < 4.78 is 0. The van der Waals surface area contributed by atoms with Crippen LogP contribution in [0, 0.1) is 0 Å². The van der Waals surface area contributed by atoms with Gasteiger partial charge in [0.2, 0.25) is 0 Å². The van der Waals surface area contributed by atoms with Crippen LogP contribution in [0.1, 0.15) is 31.1 Å². The number of halogens is 1. The van der Waals surface area contributed by atoms with E-state index in [2.05, 4.69) is 29.0 Å². The lowest BCUT2D eigenvalue weighted by Gasteiger charge is -2.25. The molecule has 0 atom stereocenters. The van der Waals surface area contributed by atoms with E-state index in [4.69, 9.17) is 11.6 Å². The van der Waals surface area contributed by atoms with Gasteiger partial charge in [-0.2, -0.15) is 0 Å². The standard InChI is InChI=1S/C24H29ClN4O/c1-4-28(5-2)14-15-29(6-3)24(30)18-8-7-9-20(16-18)27-22-12-13-26-23-17-19(25)10-11-21(22)23/h7-13,16-17H,4-6,14-15H2,1-3H3,(H,26,27). The number of amides is 1. The molecule has 0 bridgehead atoms. The number of benzene rings is 2. The number of rotatable bonds is 9. The minimum Gasteiger partial charge on any atom is -0.355 e. The molecule has 0 aliphatic carbocycles. The Morgan fingerprint density at radius 1 is 1.00 bits per heavy atom. The van der Waals surface area contributed by atoms with Crippen molar-refractivity contribution in [2.24, 2.45) is 0 Å². The zero-order valence-corrected chi connectivity index (χ0v) is 18.6. The first-order chi connectivity index (χ1) is 14.5. The molecule has 3 aromatic rings. The summed E-state index contributed by atoms with van der Waals surface area (Å²) in [5.41, 5.74) is 3.30. The van der Waals surface area contributed by atoms with Crippen molar-refractivity contribution in [3.8, 4) is 0 Å². The minimum absolute atomic E-state index is 0.0553. The highest BCUT2D eigenvalue weighted by Crippen LogP contribution is 2.27. The van der Waals surface area contributed by atoms with Gasteiger partial charge in [-0.15, -0.1) is 0 Å². The summed E-state index contributed by atoms with van der Waals surface area (Å²) in [5.74, 6) is 0.0553. The van der Waals surface area contributed by atoms with E-state index in [1.807, 2.05) is 60.4 Å². The average molecular weight is 425 g/mol. The Labute approximate surface area is 183 Å². The van der Waals surface area contributed by atoms with Gasteiger partial charge in [-0.1, -0.05) is 31.5 Å². The third-order valence-electron chi connectivity index (χ3n) is 5.34. The van der Waals surface area contributed by atoms with Crippen molar-refractivity contribution >= 4 is 39.8 Å². The van der Waals surface area contributed by atoms with Crippen molar-refractivity contribution in [2.45, 2.75) is 20.8 Å². The molecule has 3 rings (SSSR count). The lowest BCUT2D eigenvalue weighted by molar-refractivity contribution is 0.0747. The van der Waals surface area contributed by atoms with Crippen LogP contribution in [0.25, 0.3) is 10.9 Å². The van der Waals surface area contributed by atoms with Crippen LogP contribution in [0.4, 0.5) is 11.4 Å². The van der Waals surface area contributed by atoms with Gasteiger partial charge in [0.05, 0.1) is 5.52 Å². The minimum atomic E-state index is 0.0553. The highest BCUT2D eigenvalue weighted by Gasteiger charge is 2.15. The molecule has 1 heterocycles. The van der Waals surface area contributed by atoms with Crippen molar-refractivity contribution in [3.05, 3.63) is 65.3 Å². The fraction of sp³-hybridized carbons (Fsp3) is 0.333. The molecular weight excluding hydrogens is 396 g/mol. The maximum atomic E-state index is 13.1. The second-order valence-corrected chi connectivity index (χ2v) is 7.57. The maximum Gasteiger partial charge on any atom is 0.253 e. The smallest absolute Gasteiger partial charge is 0.253 e. The summed E-state index contributed by atoms with van der Waals surface area (Å²) in [7, 11) is 0. The molecule has 0 radical (unpaired) electrons. The van der Waals surface area contributed by atoms with Crippen LogP contribution in [-0.4, -0.2) is 53.4 Å². The molecule has 6 heteroatoms. The molecule has 2 aromatic carbocycles. The fourth-order valence-corrected chi connectivity index (χ4v) is 3.67. The summed E-state index contributed by atoms with van der Waals surface area (Å²) in [6.45, 7) is 10.6. The van der Waals surface area contributed by atoms with Gasteiger partial charge in [0.15, 0.2) is 0 Å². The van der Waals surface area contributed by atoms with Crippen LogP contribution >= 0.6 is 11.6 Å². The van der Waals surface area contributed by atoms with Gasteiger partial charge in [0.1, 0.15) is 0 Å². The predicted octanol–water partition coefficient (Wildman–Crippen LogP) is 5.44. The van der Waals surface area contributed by atoms with E-state index in [0.29, 0.717) is 17.1 Å². The van der Waals surface area contributed by atoms with Crippen LogP contribution < -0.4 is 5.32 Å². The average Bonchev–Trinajstić information content (AvgIpc) is 2.77. The third-order valence-corrected chi connectivity index (χ3v) is 5.58. The van der Waals surface area contributed by atoms with Gasteiger partial charge in [-0.05, 0) is 62.5 Å². The largest absolute Gasteiger partial charge is 0.355 e. The van der Waals surface area contributed by atoms with E-state index >= 15 is 0 Å². The second kappa shape index (κ2) is 10.4. The lowest BCUT2D eigenvalue weighted by Crippen LogP contribution is -2.38. The third kappa shape index (κ3) is 5.29. The number of carbonyl (C=O) groups is 1. The molecule has 0 spiro atoms. The molecule has 0 aliphatic rings. The molecular formula is C24H29ClN4O. The Bertz CT molecular complexity index is 1000. The topological polar surface area (TPSA) is 48.5 Å². The van der Waals surface area contributed by atoms with Gasteiger partial charge in [0.25, 0.3) is 5.91 Å². The Morgan fingerprint density at radius 2 is 1.80 bits per heavy atom. The Hall–Kier alpha value is -2.63. The van der Waals surface area contributed by atoms with E-state index < -0.39 is 0 Å². The molecule has 30 heavy (non-hydrogen) atoms. The Morgan fingerprint density at radius 3 is 2.53 bits per heavy atom. The Balaban J connectivity index is 1.78. The van der Waals surface area contributed by atoms with Crippen molar-refractivity contribution < 1.29 is 4.79 Å². The first kappa shape index (κ1) is 22.1. The summed E-state index contributed by atoms with van der Waals surface area (Å²) in [5, 5.41) is 5.06. The monoisotopic (exact) mass is 424 g/mol. The number of likely N-dealkylation sites (N-methyl/N-ethyl adjacent to an activating group) is 2. The summed E-state index contributed by atoms with van der Waals surface area (Å²) in [4.78, 5) is 21.7. The van der Waals surface area contributed by atoms with Crippen LogP contribution in [0.15, 0.2) is 54.7 Å². The molecule has 0 unspecified atom stereocenters. The molecule has 0 saturated heterocycles. The van der Waals surface area contributed by atoms with Crippen LogP contribution in [0.2, 0.25) is 5.02 Å². The highest BCUT2D eigenvalue weighted by atomic mass is 35.5. The predicted molar refractivity (Wildman–Crippen MR) is 126 cm³/mol. The van der Waals surface area contributed by atoms with E-state index in [1.54, 1.807) is 6.20 Å². The highest BCUT2D eigenvalue weighted by molar-refractivity contribution is 6.31.